The van der Waals surface area contributed by atoms with Gasteiger partial charge in [0.15, 0.2) is 9.84 Å². The Bertz CT molecular complexity index is 503. The molecule has 0 saturated heterocycles. The molecule has 1 heterocycles. The van der Waals surface area contributed by atoms with Crippen LogP contribution in [0.2, 0.25) is 0 Å². The summed E-state index contributed by atoms with van der Waals surface area (Å²) in [5.74, 6) is 0.232. The van der Waals surface area contributed by atoms with Crippen LogP contribution >= 0.6 is 0 Å². The molecule has 2 N–H and O–H groups in total. The quantitative estimate of drug-likeness (QED) is 0.813. The second kappa shape index (κ2) is 3.79. The second-order valence-corrected chi connectivity index (χ2v) is 5.61. The molecule has 0 radical (unpaired) electrons. The van der Waals surface area contributed by atoms with E-state index in [1.54, 1.807) is 12.1 Å². The average molecular weight is 223 g/mol. The second-order valence-electron chi connectivity index (χ2n) is 3.53. The van der Waals surface area contributed by atoms with Crippen molar-refractivity contribution in [3.8, 4) is 0 Å². The van der Waals surface area contributed by atoms with E-state index >= 15 is 0 Å². The van der Waals surface area contributed by atoms with Crippen molar-refractivity contribution in [2.45, 2.75) is 11.3 Å². The highest BCUT2D eigenvalue weighted by molar-refractivity contribution is 7.91. The minimum absolute atomic E-state index is 0.232. The Labute approximate surface area is 89.5 Å². The lowest BCUT2D eigenvalue weighted by molar-refractivity contribution is 0.600. The van der Waals surface area contributed by atoms with Crippen LogP contribution in [-0.2, 0) is 16.3 Å². The van der Waals surface area contributed by atoms with E-state index in [0.29, 0.717) is 17.9 Å². The summed E-state index contributed by atoms with van der Waals surface area (Å²) in [6.45, 7) is 0.469. The van der Waals surface area contributed by atoms with Crippen molar-refractivity contribution in [2.75, 3.05) is 12.3 Å². The molecule has 80 valence electrons. The molecule has 1 aliphatic heterocycles. The Kier molecular flexibility index (Phi) is 2.63. The van der Waals surface area contributed by atoms with Gasteiger partial charge in [0.2, 0.25) is 0 Å². The maximum atomic E-state index is 11.6. The largest absolute Gasteiger partial charge is 0.327 e. The van der Waals surface area contributed by atoms with E-state index in [0.717, 1.165) is 11.1 Å². The third-order valence-corrected chi connectivity index (χ3v) is 4.35. The van der Waals surface area contributed by atoms with Gasteiger partial charge >= 0.3 is 0 Å². The molecule has 0 amide bonds. The molecule has 1 aliphatic rings. The number of rotatable bonds is 2. The topological polar surface area (TPSA) is 60.2 Å². The minimum atomic E-state index is -3.02. The number of fused-ring (bicyclic) bond motifs is 1. The fourth-order valence-electron chi connectivity index (χ4n) is 1.84. The van der Waals surface area contributed by atoms with E-state index in [9.17, 15) is 8.42 Å². The zero-order chi connectivity index (χ0) is 10.9. The monoisotopic (exact) mass is 223 g/mol. The summed E-state index contributed by atoms with van der Waals surface area (Å²) in [5.41, 5.74) is 7.27. The van der Waals surface area contributed by atoms with Gasteiger partial charge in [0.1, 0.15) is 0 Å². The van der Waals surface area contributed by atoms with Crippen LogP contribution in [0.5, 0.6) is 0 Å². The van der Waals surface area contributed by atoms with Crippen LogP contribution in [-0.4, -0.2) is 20.7 Å². The summed E-state index contributed by atoms with van der Waals surface area (Å²) < 4.78 is 23.3. The van der Waals surface area contributed by atoms with Crippen LogP contribution in [0.4, 0.5) is 0 Å². The molecule has 0 bridgehead atoms. The zero-order valence-electron chi connectivity index (χ0n) is 8.31. The maximum absolute atomic E-state index is 11.6. The predicted molar refractivity (Wildman–Crippen MR) is 60.3 cm³/mol. The number of nitrogens with two attached hydrogens (primary N) is 1. The van der Waals surface area contributed by atoms with E-state index in [1.165, 1.54) is 0 Å². The fraction of sp³-hybridized carbons (Fsp3) is 0.273. The van der Waals surface area contributed by atoms with E-state index in [2.05, 4.69) is 0 Å². The third kappa shape index (κ3) is 1.82. The summed E-state index contributed by atoms with van der Waals surface area (Å²) in [4.78, 5) is 0.488. The first-order chi connectivity index (χ1) is 7.15. The third-order valence-electron chi connectivity index (χ3n) is 2.56. The molecule has 0 fully saturated rings. The van der Waals surface area contributed by atoms with Crippen molar-refractivity contribution in [3.63, 3.8) is 0 Å². The summed E-state index contributed by atoms with van der Waals surface area (Å²) >= 11 is 0. The highest BCUT2D eigenvalue weighted by Gasteiger charge is 2.26. The first-order valence-corrected chi connectivity index (χ1v) is 6.51. The normalized spacial score (nSPS) is 18.2. The van der Waals surface area contributed by atoms with Crippen molar-refractivity contribution in [2.24, 2.45) is 5.73 Å². The molecule has 0 unspecified atom stereocenters. The summed E-state index contributed by atoms with van der Waals surface area (Å²) in [6.07, 6.45) is 4.34. The molecule has 3 nitrogen and oxygen atoms in total. The fourth-order valence-corrected chi connectivity index (χ4v) is 3.41. The van der Waals surface area contributed by atoms with E-state index in [1.807, 2.05) is 18.2 Å². The van der Waals surface area contributed by atoms with Gasteiger partial charge in [-0.25, -0.2) is 8.42 Å². The lowest BCUT2D eigenvalue weighted by Gasteiger charge is -2.01. The van der Waals surface area contributed by atoms with Crippen LogP contribution in [0.3, 0.4) is 0 Å². The number of benzene rings is 1. The molecular formula is C11H13NO2S. The molecule has 4 heteroatoms. The molecule has 15 heavy (non-hydrogen) atoms. The Hall–Kier alpha value is -1.13. The van der Waals surface area contributed by atoms with Crippen LogP contribution in [0.25, 0.3) is 6.08 Å². The van der Waals surface area contributed by atoms with Crippen LogP contribution in [0.1, 0.15) is 11.1 Å². The molecule has 0 saturated carbocycles. The van der Waals surface area contributed by atoms with Crippen LogP contribution < -0.4 is 5.73 Å². The van der Waals surface area contributed by atoms with Crippen LogP contribution in [0, 0.1) is 0 Å². The smallest absolute Gasteiger partial charge is 0.178 e. The van der Waals surface area contributed by atoms with Gasteiger partial charge in [-0.3, -0.25) is 0 Å². The SMILES string of the molecule is NC/C=C/c1cccc2c1CCS2(=O)=O. The van der Waals surface area contributed by atoms with E-state index < -0.39 is 9.84 Å². The molecule has 0 atom stereocenters. The van der Waals surface area contributed by atoms with Gasteiger partial charge in [0.25, 0.3) is 0 Å². The Morgan fingerprint density at radius 1 is 1.40 bits per heavy atom. The average Bonchev–Trinajstić information content (AvgIpc) is 2.53. The van der Waals surface area contributed by atoms with Gasteiger partial charge in [-0.05, 0) is 23.6 Å². The van der Waals surface area contributed by atoms with Gasteiger partial charge in [-0.2, -0.15) is 0 Å². The van der Waals surface area contributed by atoms with Crippen LogP contribution in [0.15, 0.2) is 29.2 Å². The molecule has 0 aromatic heterocycles. The molecule has 1 aromatic rings. The number of hydrogen-bond acceptors (Lipinski definition) is 3. The van der Waals surface area contributed by atoms with Crippen molar-refractivity contribution in [1.29, 1.82) is 0 Å². The van der Waals surface area contributed by atoms with Gasteiger partial charge in [0, 0.05) is 6.54 Å². The van der Waals surface area contributed by atoms with Gasteiger partial charge in [-0.15, -0.1) is 0 Å². The Morgan fingerprint density at radius 3 is 2.93 bits per heavy atom. The van der Waals surface area contributed by atoms with Crippen molar-refractivity contribution < 1.29 is 8.42 Å². The van der Waals surface area contributed by atoms with E-state index in [-0.39, 0.29) is 5.75 Å². The molecule has 2 rings (SSSR count). The lowest BCUT2D eigenvalue weighted by Crippen LogP contribution is -1.98. The van der Waals surface area contributed by atoms with Gasteiger partial charge in [-0.1, -0.05) is 24.3 Å². The Morgan fingerprint density at radius 2 is 2.20 bits per heavy atom. The van der Waals surface area contributed by atoms with Crippen molar-refractivity contribution in [3.05, 3.63) is 35.4 Å². The highest BCUT2D eigenvalue weighted by Crippen LogP contribution is 2.29. The number of hydrogen-bond donors (Lipinski definition) is 1. The van der Waals surface area contributed by atoms with Gasteiger partial charge in [0.05, 0.1) is 10.6 Å². The lowest BCUT2D eigenvalue weighted by atomic mass is 10.1. The number of sulfone groups is 1. The zero-order valence-corrected chi connectivity index (χ0v) is 9.13. The van der Waals surface area contributed by atoms with Gasteiger partial charge < -0.3 is 5.73 Å². The standard InChI is InChI=1S/C11H13NO2S/c12-7-2-4-9-3-1-5-11-10(9)6-8-15(11,13)14/h1-5H,6-8,12H2/b4-2+. The predicted octanol–water partition coefficient (Wildman–Crippen LogP) is 0.988. The first kappa shape index (κ1) is 10.4. The molecule has 0 spiro atoms. The maximum Gasteiger partial charge on any atom is 0.178 e. The molecule has 0 aliphatic carbocycles. The highest BCUT2D eigenvalue weighted by atomic mass is 32.2. The summed E-state index contributed by atoms with van der Waals surface area (Å²) in [7, 11) is -3.02. The minimum Gasteiger partial charge on any atom is -0.327 e. The molecular weight excluding hydrogens is 210 g/mol. The van der Waals surface area contributed by atoms with Crippen molar-refractivity contribution in [1.82, 2.24) is 0 Å². The van der Waals surface area contributed by atoms with Crippen molar-refractivity contribution >= 4 is 15.9 Å². The summed E-state index contributed by atoms with van der Waals surface area (Å²) in [5, 5.41) is 0. The van der Waals surface area contributed by atoms with E-state index in [4.69, 9.17) is 5.73 Å². The summed E-state index contributed by atoms with van der Waals surface area (Å²) in [6, 6.07) is 5.38. The Balaban J connectivity index is 2.54. The molecule has 1 aromatic carbocycles. The first-order valence-electron chi connectivity index (χ1n) is 4.86.